The first kappa shape index (κ1) is 14.0. The average molecular weight is 280 g/mol. The van der Waals surface area contributed by atoms with Crippen molar-refractivity contribution in [2.45, 2.75) is 13.5 Å². The van der Waals surface area contributed by atoms with Crippen molar-refractivity contribution in [2.75, 3.05) is 12.8 Å². The summed E-state index contributed by atoms with van der Waals surface area (Å²) in [4.78, 5) is 13.4. The number of aromatic nitrogens is 2. The number of rotatable bonds is 3. The first-order valence-electron chi connectivity index (χ1n) is 5.90. The van der Waals surface area contributed by atoms with Gasteiger partial charge in [-0.3, -0.25) is 9.89 Å². The van der Waals surface area contributed by atoms with E-state index >= 15 is 0 Å². The molecule has 1 amide bonds. The number of H-pyrrole nitrogens is 1. The molecule has 1 heterocycles. The predicted octanol–water partition coefficient (Wildman–Crippen LogP) is 1.85. The summed E-state index contributed by atoms with van der Waals surface area (Å²) in [5, 5.41) is 6.43. The van der Waals surface area contributed by atoms with Crippen molar-refractivity contribution in [2.24, 2.45) is 0 Å². The van der Waals surface area contributed by atoms with Crippen LogP contribution in [-0.2, 0) is 6.54 Å². The van der Waals surface area contributed by atoms with Gasteiger partial charge in [-0.15, -0.1) is 0 Å². The minimum Gasteiger partial charge on any atom is -0.395 e. The molecule has 3 N–H and O–H groups in total. The Balaban J connectivity index is 2.17. The Hall–Kier alpha value is -2.44. The Morgan fingerprint density at radius 3 is 2.70 bits per heavy atom. The van der Waals surface area contributed by atoms with E-state index in [-0.39, 0.29) is 23.5 Å². The number of hydrogen-bond donors (Lipinski definition) is 2. The zero-order valence-corrected chi connectivity index (χ0v) is 11.1. The van der Waals surface area contributed by atoms with Gasteiger partial charge in [0, 0.05) is 25.2 Å². The molecule has 0 spiro atoms. The highest BCUT2D eigenvalue weighted by Gasteiger charge is 2.20. The van der Waals surface area contributed by atoms with Gasteiger partial charge in [0.1, 0.15) is 11.6 Å². The minimum atomic E-state index is -0.698. The number of nitrogens with one attached hydrogen (secondary N) is 1. The first-order valence-corrected chi connectivity index (χ1v) is 5.90. The molecule has 7 heteroatoms. The highest BCUT2D eigenvalue weighted by molar-refractivity contribution is 5.97. The van der Waals surface area contributed by atoms with Crippen molar-refractivity contribution in [1.29, 1.82) is 0 Å². The molecule has 2 rings (SSSR count). The third kappa shape index (κ3) is 2.61. The zero-order chi connectivity index (χ0) is 14.9. The summed E-state index contributed by atoms with van der Waals surface area (Å²) in [5.41, 5.74) is 6.88. The van der Waals surface area contributed by atoms with E-state index in [1.54, 1.807) is 6.92 Å². The van der Waals surface area contributed by atoms with Crippen molar-refractivity contribution in [3.05, 3.63) is 46.8 Å². The molecular weight excluding hydrogens is 266 g/mol. The Bertz CT molecular complexity index is 654. The Morgan fingerprint density at radius 2 is 2.15 bits per heavy atom. The smallest absolute Gasteiger partial charge is 0.276 e. The number of nitrogens with two attached hydrogens (primary N) is 1. The highest BCUT2D eigenvalue weighted by Crippen LogP contribution is 2.17. The number of aryl methyl sites for hydroxylation is 1. The quantitative estimate of drug-likeness (QED) is 0.901. The monoisotopic (exact) mass is 280 g/mol. The Kier molecular flexibility index (Phi) is 3.69. The van der Waals surface area contributed by atoms with Crippen LogP contribution in [0.1, 0.15) is 21.7 Å². The number of hydrogen-bond acceptors (Lipinski definition) is 3. The number of aromatic amines is 1. The van der Waals surface area contributed by atoms with E-state index < -0.39 is 17.5 Å². The van der Waals surface area contributed by atoms with Crippen molar-refractivity contribution < 1.29 is 13.6 Å². The van der Waals surface area contributed by atoms with Gasteiger partial charge in [-0.1, -0.05) is 6.07 Å². The van der Waals surface area contributed by atoms with E-state index in [2.05, 4.69) is 10.2 Å². The van der Waals surface area contributed by atoms with E-state index in [1.165, 1.54) is 18.0 Å². The van der Waals surface area contributed by atoms with Gasteiger partial charge in [0.15, 0.2) is 5.69 Å². The van der Waals surface area contributed by atoms with Gasteiger partial charge >= 0.3 is 0 Å². The number of benzene rings is 1. The van der Waals surface area contributed by atoms with Crippen LogP contribution in [0.4, 0.5) is 14.5 Å². The molecule has 1 aromatic carbocycles. The standard InChI is InChI=1S/C13H14F2N4O/c1-7-11(16)12(18-17-7)13(20)19(2)6-8-3-4-9(14)5-10(8)15/h3-5H,6,16H2,1-2H3,(H,17,18). The molecule has 0 aliphatic heterocycles. The molecule has 20 heavy (non-hydrogen) atoms. The molecule has 106 valence electrons. The second kappa shape index (κ2) is 5.28. The minimum absolute atomic E-state index is 0.00368. The number of anilines is 1. The third-order valence-electron chi connectivity index (χ3n) is 2.97. The van der Waals surface area contributed by atoms with E-state index in [1.807, 2.05) is 0 Å². The van der Waals surface area contributed by atoms with Crippen LogP contribution in [0.3, 0.4) is 0 Å². The van der Waals surface area contributed by atoms with E-state index in [0.29, 0.717) is 5.69 Å². The molecular formula is C13H14F2N4O. The lowest BCUT2D eigenvalue weighted by Crippen LogP contribution is -2.27. The van der Waals surface area contributed by atoms with E-state index in [0.717, 1.165) is 12.1 Å². The molecule has 0 saturated carbocycles. The fourth-order valence-electron chi connectivity index (χ4n) is 1.76. The summed E-state index contributed by atoms with van der Waals surface area (Å²) < 4.78 is 26.3. The number of nitrogen functional groups attached to an aromatic ring is 1. The van der Waals surface area contributed by atoms with Crippen LogP contribution in [0, 0.1) is 18.6 Å². The van der Waals surface area contributed by atoms with Gasteiger partial charge < -0.3 is 10.6 Å². The molecule has 0 fully saturated rings. The van der Waals surface area contributed by atoms with Crippen molar-refractivity contribution >= 4 is 11.6 Å². The predicted molar refractivity (Wildman–Crippen MR) is 69.9 cm³/mol. The summed E-state index contributed by atoms with van der Waals surface area (Å²) >= 11 is 0. The zero-order valence-electron chi connectivity index (χ0n) is 11.1. The number of carbonyl (C=O) groups excluding carboxylic acids is 1. The van der Waals surface area contributed by atoms with Gasteiger partial charge in [0.25, 0.3) is 5.91 Å². The lowest BCUT2D eigenvalue weighted by molar-refractivity contribution is 0.0779. The summed E-state index contributed by atoms with van der Waals surface area (Å²) in [6.07, 6.45) is 0. The van der Waals surface area contributed by atoms with Crippen molar-refractivity contribution in [1.82, 2.24) is 15.1 Å². The highest BCUT2D eigenvalue weighted by atomic mass is 19.1. The summed E-state index contributed by atoms with van der Waals surface area (Å²) in [6, 6.07) is 3.22. The second-order valence-corrected chi connectivity index (χ2v) is 4.51. The van der Waals surface area contributed by atoms with Gasteiger partial charge in [-0.05, 0) is 13.0 Å². The molecule has 2 aromatic rings. The van der Waals surface area contributed by atoms with Crippen LogP contribution < -0.4 is 5.73 Å². The van der Waals surface area contributed by atoms with Crippen LogP contribution in [-0.4, -0.2) is 28.1 Å². The Labute approximate surface area is 114 Å². The topological polar surface area (TPSA) is 75.0 Å². The molecule has 5 nitrogen and oxygen atoms in total. The fourth-order valence-corrected chi connectivity index (χ4v) is 1.76. The van der Waals surface area contributed by atoms with Gasteiger partial charge in [-0.25, -0.2) is 8.78 Å². The SMILES string of the molecule is Cc1[nH]nc(C(=O)N(C)Cc2ccc(F)cc2F)c1N. The summed E-state index contributed by atoms with van der Waals surface area (Å²) in [5.74, 6) is -1.79. The molecule has 0 atom stereocenters. The number of carbonyl (C=O) groups is 1. The lowest BCUT2D eigenvalue weighted by atomic mass is 10.2. The molecule has 0 radical (unpaired) electrons. The van der Waals surface area contributed by atoms with Crippen LogP contribution in [0.25, 0.3) is 0 Å². The third-order valence-corrected chi connectivity index (χ3v) is 2.97. The maximum atomic E-state index is 13.5. The summed E-state index contributed by atoms with van der Waals surface area (Å²) in [7, 11) is 1.49. The molecule has 0 aliphatic carbocycles. The van der Waals surface area contributed by atoms with Crippen LogP contribution in [0.2, 0.25) is 0 Å². The largest absolute Gasteiger partial charge is 0.395 e. The number of halogens is 2. The van der Waals surface area contributed by atoms with Crippen LogP contribution in [0.15, 0.2) is 18.2 Å². The molecule has 0 unspecified atom stereocenters. The molecule has 0 saturated heterocycles. The summed E-state index contributed by atoms with van der Waals surface area (Å²) in [6.45, 7) is 1.69. The molecule has 0 bridgehead atoms. The number of amides is 1. The second-order valence-electron chi connectivity index (χ2n) is 4.51. The average Bonchev–Trinajstić information content (AvgIpc) is 2.72. The van der Waals surface area contributed by atoms with Crippen LogP contribution in [0.5, 0.6) is 0 Å². The maximum Gasteiger partial charge on any atom is 0.276 e. The first-order chi connectivity index (χ1) is 9.40. The van der Waals surface area contributed by atoms with Crippen molar-refractivity contribution in [3.63, 3.8) is 0 Å². The fraction of sp³-hybridized carbons (Fsp3) is 0.231. The van der Waals surface area contributed by atoms with Gasteiger partial charge in [0.05, 0.1) is 11.4 Å². The van der Waals surface area contributed by atoms with Gasteiger partial charge in [0.2, 0.25) is 0 Å². The Morgan fingerprint density at radius 1 is 1.45 bits per heavy atom. The van der Waals surface area contributed by atoms with E-state index in [9.17, 15) is 13.6 Å². The maximum absolute atomic E-state index is 13.5. The van der Waals surface area contributed by atoms with E-state index in [4.69, 9.17) is 5.73 Å². The van der Waals surface area contributed by atoms with Crippen LogP contribution >= 0.6 is 0 Å². The molecule has 0 aliphatic rings. The lowest BCUT2D eigenvalue weighted by Gasteiger charge is -2.16. The van der Waals surface area contributed by atoms with Gasteiger partial charge in [-0.2, -0.15) is 5.10 Å². The number of nitrogens with zero attached hydrogens (tertiary/aromatic N) is 2. The molecule has 1 aromatic heterocycles. The van der Waals surface area contributed by atoms with Crippen molar-refractivity contribution in [3.8, 4) is 0 Å². The normalized spacial score (nSPS) is 10.6.